The summed E-state index contributed by atoms with van der Waals surface area (Å²) in [6.07, 6.45) is 3.96. The highest BCUT2D eigenvalue weighted by molar-refractivity contribution is 7.12. The Kier molecular flexibility index (Phi) is 3.91. The van der Waals surface area contributed by atoms with Crippen molar-refractivity contribution in [1.29, 1.82) is 0 Å². The molecule has 0 aromatic carbocycles. The standard InChI is InChI=1S/C12H18N4S/c1-4-10-5-6-12(17-10)11(13-2)7-9-8-16(3)15-14-9/h5-6,8,11,13H,4,7H2,1-3H3. The summed E-state index contributed by atoms with van der Waals surface area (Å²) < 4.78 is 1.74. The van der Waals surface area contributed by atoms with Crippen molar-refractivity contribution in [1.82, 2.24) is 20.3 Å². The summed E-state index contributed by atoms with van der Waals surface area (Å²) in [4.78, 5) is 2.80. The van der Waals surface area contributed by atoms with E-state index in [9.17, 15) is 0 Å². The van der Waals surface area contributed by atoms with Crippen LogP contribution in [0.5, 0.6) is 0 Å². The van der Waals surface area contributed by atoms with Gasteiger partial charge in [0.25, 0.3) is 0 Å². The predicted octanol–water partition coefficient (Wildman–Crippen LogP) is 1.94. The lowest BCUT2D eigenvalue weighted by Gasteiger charge is -2.12. The van der Waals surface area contributed by atoms with E-state index in [-0.39, 0.29) is 0 Å². The van der Waals surface area contributed by atoms with Crippen LogP contribution in [0.3, 0.4) is 0 Å². The van der Waals surface area contributed by atoms with Crippen LogP contribution in [0.1, 0.15) is 28.4 Å². The van der Waals surface area contributed by atoms with E-state index in [1.807, 2.05) is 31.6 Å². The SMILES string of the molecule is CCc1ccc(C(Cc2cn(C)nn2)NC)s1. The van der Waals surface area contributed by atoms with E-state index >= 15 is 0 Å². The van der Waals surface area contributed by atoms with Crippen LogP contribution < -0.4 is 5.32 Å². The van der Waals surface area contributed by atoms with Crippen molar-refractivity contribution >= 4 is 11.3 Å². The van der Waals surface area contributed by atoms with Crippen LogP contribution in [0.2, 0.25) is 0 Å². The Bertz CT molecular complexity index is 474. The minimum atomic E-state index is 0.331. The fraction of sp³-hybridized carbons (Fsp3) is 0.500. The van der Waals surface area contributed by atoms with E-state index in [0.29, 0.717) is 6.04 Å². The molecule has 2 aromatic heterocycles. The van der Waals surface area contributed by atoms with Crippen LogP contribution >= 0.6 is 11.3 Å². The Morgan fingerprint density at radius 2 is 2.29 bits per heavy atom. The zero-order valence-corrected chi connectivity index (χ0v) is 11.3. The van der Waals surface area contributed by atoms with Gasteiger partial charge in [-0.25, -0.2) is 0 Å². The molecule has 0 spiro atoms. The number of likely N-dealkylation sites (N-methyl/N-ethyl adjacent to an activating group) is 1. The maximum atomic E-state index is 4.13. The van der Waals surface area contributed by atoms with Gasteiger partial charge >= 0.3 is 0 Å². The van der Waals surface area contributed by atoms with Gasteiger partial charge in [-0.1, -0.05) is 12.1 Å². The van der Waals surface area contributed by atoms with Crippen LogP contribution in [0.15, 0.2) is 18.3 Å². The van der Waals surface area contributed by atoms with Crippen molar-refractivity contribution in [2.45, 2.75) is 25.8 Å². The van der Waals surface area contributed by atoms with E-state index in [4.69, 9.17) is 0 Å². The molecule has 1 atom stereocenters. The largest absolute Gasteiger partial charge is 0.312 e. The van der Waals surface area contributed by atoms with Gasteiger partial charge in [0, 0.05) is 35.5 Å². The van der Waals surface area contributed by atoms with Gasteiger partial charge in [-0.05, 0) is 25.6 Å². The molecule has 0 bridgehead atoms. The van der Waals surface area contributed by atoms with Gasteiger partial charge in [0.15, 0.2) is 0 Å². The van der Waals surface area contributed by atoms with Crippen molar-refractivity contribution < 1.29 is 0 Å². The minimum Gasteiger partial charge on any atom is -0.312 e. The number of hydrogen-bond acceptors (Lipinski definition) is 4. The van der Waals surface area contributed by atoms with Crippen LogP contribution in [-0.2, 0) is 19.9 Å². The van der Waals surface area contributed by atoms with Crippen molar-refractivity contribution in [2.75, 3.05) is 7.05 Å². The van der Waals surface area contributed by atoms with E-state index in [1.165, 1.54) is 9.75 Å². The number of thiophene rings is 1. The van der Waals surface area contributed by atoms with E-state index in [1.54, 1.807) is 4.68 Å². The molecule has 2 aromatic rings. The molecule has 5 heteroatoms. The minimum absolute atomic E-state index is 0.331. The van der Waals surface area contributed by atoms with Crippen LogP contribution in [0, 0.1) is 0 Å². The lowest BCUT2D eigenvalue weighted by atomic mass is 10.1. The molecule has 0 amide bonds. The average molecular weight is 250 g/mol. The fourth-order valence-corrected chi connectivity index (χ4v) is 2.88. The summed E-state index contributed by atoms with van der Waals surface area (Å²) in [6.45, 7) is 2.19. The maximum absolute atomic E-state index is 4.13. The highest BCUT2D eigenvalue weighted by Crippen LogP contribution is 2.25. The highest BCUT2D eigenvalue weighted by Gasteiger charge is 2.14. The number of aryl methyl sites for hydroxylation is 2. The third-order valence-corrected chi connectivity index (χ3v) is 4.13. The molecular formula is C12H18N4S. The Hall–Kier alpha value is -1.20. The Morgan fingerprint density at radius 3 is 2.82 bits per heavy atom. The van der Waals surface area contributed by atoms with Crippen LogP contribution in [0.4, 0.5) is 0 Å². The molecule has 0 radical (unpaired) electrons. The summed E-state index contributed by atoms with van der Waals surface area (Å²) >= 11 is 1.87. The maximum Gasteiger partial charge on any atom is 0.0846 e. The van der Waals surface area contributed by atoms with Crippen molar-refractivity contribution in [3.63, 3.8) is 0 Å². The van der Waals surface area contributed by atoms with Gasteiger partial charge in [-0.2, -0.15) is 0 Å². The second-order valence-corrected chi connectivity index (χ2v) is 5.29. The summed E-state index contributed by atoms with van der Waals surface area (Å²) in [5.41, 5.74) is 1.03. The lowest BCUT2D eigenvalue weighted by Crippen LogP contribution is -2.17. The van der Waals surface area contributed by atoms with E-state index in [2.05, 4.69) is 34.7 Å². The first-order valence-electron chi connectivity index (χ1n) is 5.84. The molecule has 1 unspecified atom stereocenters. The summed E-state index contributed by atoms with van der Waals surface area (Å²) in [6, 6.07) is 4.75. The second kappa shape index (κ2) is 5.42. The van der Waals surface area contributed by atoms with Gasteiger partial charge in [0.05, 0.1) is 5.69 Å². The second-order valence-electron chi connectivity index (χ2n) is 4.09. The first-order chi connectivity index (χ1) is 8.22. The normalized spacial score (nSPS) is 12.9. The van der Waals surface area contributed by atoms with Crippen LogP contribution in [-0.4, -0.2) is 22.0 Å². The molecule has 0 aliphatic carbocycles. The number of nitrogens with one attached hydrogen (secondary N) is 1. The Balaban J connectivity index is 2.10. The summed E-state index contributed by atoms with van der Waals surface area (Å²) in [5, 5.41) is 11.4. The van der Waals surface area contributed by atoms with E-state index in [0.717, 1.165) is 18.5 Å². The van der Waals surface area contributed by atoms with E-state index < -0.39 is 0 Å². The van der Waals surface area contributed by atoms with Gasteiger partial charge in [0.1, 0.15) is 0 Å². The molecule has 0 saturated heterocycles. The number of rotatable bonds is 5. The Morgan fingerprint density at radius 1 is 1.47 bits per heavy atom. The molecule has 2 rings (SSSR count). The first kappa shape index (κ1) is 12.3. The summed E-state index contributed by atoms with van der Waals surface area (Å²) in [7, 11) is 3.89. The van der Waals surface area contributed by atoms with Crippen molar-refractivity contribution in [3.8, 4) is 0 Å². The molecule has 92 valence electrons. The van der Waals surface area contributed by atoms with Gasteiger partial charge in [-0.15, -0.1) is 16.4 Å². The van der Waals surface area contributed by atoms with Crippen molar-refractivity contribution in [2.24, 2.45) is 7.05 Å². The Labute approximate surface area is 106 Å². The number of hydrogen-bond donors (Lipinski definition) is 1. The quantitative estimate of drug-likeness (QED) is 0.882. The smallest absolute Gasteiger partial charge is 0.0846 e. The van der Waals surface area contributed by atoms with Gasteiger partial charge in [0.2, 0.25) is 0 Å². The molecule has 0 fully saturated rings. The number of aromatic nitrogens is 3. The van der Waals surface area contributed by atoms with Crippen LogP contribution in [0.25, 0.3) is 0 Å². The molecular weight excluding hydrogens is 232 g/mol. The first-order valence-corrected chi connectivity index (χ1v) is 6.65. The van der Waals surface area contributed by atoms with Crippen molar-refractivity contribution in [3.05, 3.63) is 33.8 Å². The number of nitrogens with zero attached hydrogens (tertiary/aromatic N) is 3. The molecule has 0 aliphatic rings. The van der Waals surface area contributed by atoms with Gasteiger partial charge in [-0.3, -0.25) is 4.68 Å². The third-order valence-electron chi connectivity index (χ3n) is 2.79. The zero-order valence-electron chi connectivity index (χ0n) is 10.5. The molecule has 4 nitrogen and oxygen atoms in total. The molecule has 2 heterocycles. The molecule has 0 saturated carbocycles. The zero-order chi connectivity index (χ0) is 12.3. The van der Waals surface area contributed by atoms with Gasteiger partial charge < -0.3 is 5.32 Å². The summed E-state index contributed by atoms with van der Waals surface area (Å²) in [5.74, 6) is 0. The molecule has 1 N–H and O–H groups in total. The lowest BCUT2D eigenvalue weighted by molar-refractivity contribution is 0.593. The molecule has 0 aliphatic heterocycles. The third kappa shape index (κ3) is 2.92. The predicted molar refractivity (Wildman–Crippen MR) is 70.2 cm³/mol. The average Bonchev–Trinajstić information content (AvgIpc) is 2.94. The molecule has 17 heavy (non-hydrogen) atoms. The highest BCUT2D eigenvalue weighted by atomic mass is 32.1. The topological polar surface area (TPSA) is 42.7 Å². The fourth-order valence-electron chi connectivity index (χ4n) is 1.81. The monoisotopic (exact) mass is 250 g/mol.